The molecule has 1 saturated carbocycles. The highest BCUT2D eigenvalue weighted by molar-refractivity contribution is 5.87. The summed E-state index contributed by atoms with van der Waals surface area (Å²) in [6.45, 7) is 3.83. The first-order valence-electron chi connectivity index (χ1n) is 4.89. The van der Waals surface area contributed by atoms with Crippen molar-refractivity contribution in [1.29, 1.82) is 0 Å². The van der Waals surface area contributed by atoms with E-state index in [9.17, 15) is 4.79 Å². The van der Waals surface area contributed by atoms with Crippen LogP contribution in [-0.2, 0) is 4.79 Å². The molecule has 0 N–H and O–H groups in total. The third-order valence-electron chi connectivity index (χ3n) is 2.78. The van der Waals surface area contributed by atoms with Gasteiger partial charge in [-0.05, 0) is 37.7 Å². The molecule has 68 valence electrons. The summed E-state index contributed by atoms with van der Waals surface area (Å²) in [5.41, 5.74) is 0. The van der Waals surface area contributed by atoms with Crippen LogP contribution in [0.2, 0.25) is 0 Å². The topological polar surface area (TPSA) is 17.1 Å². The molecule has 0 aromatic rings. The van der Waals surface area contributed by atoms with Crippen LogP contribution in [0, 0.1) is 11.8 Å². The third-order valence-corrected chi connectivity index (χ3v) is 2.78. The summed E-state index contributed by atoms with van der Waals surface area (Å²) in [6.07, 6.45) is 9.24. The Balaban J connectivity index is 2.36. The van der Waals surface area contributed by atoms with E-state index >= 15 is 0 Å². The molecule has 0 amide bonds. The van der Waals surface area contributed by atoms with Crippen LogP contribution in [0.25, 0.3) is 0 Å². The van der Waals surface area contributed by atoms with Gasteiger partial charge in [-0.25, -0.2) is 0 Å². The molecular formula is C11H18O. The summed E-state index contributed by atoms with van der Waals surface area (Å²) in [5.74, 6) is 1.59. The smallest absolute Gasteiger partial charge is 0.152 e. The standard InChI is InChI=1S/C11H18O/c1-9(7-8-10(2)12)11-5-3-4-6-11/h7-9,11H,3-6H2,1-2H3/b8-7+. The zero-order chi connectivity index (χ0) is 8.97. The minimum absolute atomic E-state index is 0.167. The maximum atomic E-state index is 10.7. The lowest BCUT2D eigenvalue weighted by Gasteiger charge is -2.13. The van der Waals surface area contributed by atoms with Crippen molar-refractivity contribution in [2.75, 3.05) is 0 Å². The van der Waals surface area contributed by atoms with E-state index in [1.807, 2.05) is 0 Å². The Hall–Kier alpha value is -0.590. The SMILES string of the molecule is CC(=O)/C=C/C(C)C1CCCC1. The number of rotatable bonds is 3. The molecule has 0 radical (unpaired) electrons. The fourth-order valence-corrected chi connectivity index (χ4v) is 1.93. The molecule has 0 aromatic heterocycles. The Morgan fingerprint density at radius 1 is 1.42 bits per heavy atom. The first-order valence-corrected chi connectivity index (χ1v) is 4.89. The highest BCUT2D eigenvalue weighted by atomic mass is 16.1. The van der Waals surface area contributed by atoms with Gasteiger partial charge in [-0.3, -0.25) is 4.79 Å². The van der Waals surface area contributed by atoms with Gasteiger partial charge in [-0.1, -0.05) is 25.8 Å². The van der Waals surface area contributed by atoms with Crippen LogP contribution in [-0.4, -0.2) is 5.78 Å². The normalized spacial score (nSPS) is 21.8. The molecule has 0 aromatic carbocycles. The van der Waals surface area contributed by atoms with Crippen LogP contribution in [0.1, 0.15) is 39.5 Å². The van der Waals surface area contributed by atoms with Gasteiger partial charge in [0.05, 0.1) is 0 Å². The zero-order valence-corrected chi connectivity index (χ0v) is 8.05. The molecule has 0 saturated heterocycles. The molecule has 1 fully saturated rings. The summed E-state index contributed by atoms with van der Waals surface area (Å²) in [5, 5.41) is 0. The van der Waals surface area contributed by atoms with Gasteiger partial charge in [0.2, 0.25) is 0 Å². The van der Waals surface area contributed by atoms with E-state index < -0.39 is 0 Å². The number of hydrogen-bond acceptors (Lipinski definition) is 1. The summed E-state index contributed by atoms with van der Waals surface area (Å²) >= 11 is 0. The van der Waals surface area contributed by atoms with E-state index in [-0.39, 0.29) is 5.78 Å². The molecule has 0 bridgehead atoms. The van der Waals surface area contributed by atoms with Gasteiger partial charge in [0.15, 0.2) is 5.78 Å². The van der Waals surface area contributed by atoms with E-state index in [0.29, 0.717) is 5.92 Å². The van der Waals surface area contributed by atoms with Crippen molar-refractivity contribution in [3.8, 4) is 0 Å². The number of hydrogen-bond donors (Lipinski definition) is 0. The van der Waals surface area contributed by atoms with E-state index in [0.717, 1.165) is 5.92 Å². The highest BCUT2D eigenvalue weighted by Crippen LogP contribution is 2.31. The highest BCUT2D eigenvalue weighted by Gasteiger charge is 2.19. The molecule has 1 atom stereocenters. The molecule has 1 nitrogen and oxygen atoms in total. The predicted octanol–water partition coefficient (Wildman–Crippen LogP) is 2.96. The van der Waals surface area contributed by atoms with Gasteiger partial charge in [0.25, 0.3) is 0 Å². The summed E-state index contributed by atoms with van der Waals surface area (Å²) in [7, 11) is 0. The largest absolute Gasteiger partial charge is 0.295 e. The monoisotopic (exact) mass is 166 g/mol. The Bertz CT molecular complexity index is 175. The van der Waals surface area contributed by atoms with Crippen molar-refractivity contribution in [3.63, 3.8) is 0 Å². The second-order valence-corrected chi connectivity index (χ2v) is 3.87. The summed E-state index contributed by atoms with van der Waals surface area (Å²) in [4.78, 5) is 10.7. The molecule has 1 heteroatoms. The molecule has 1 aliphatic carbocycles. The lowest BCUT2D eigenvalue weighted by molar-refractivity contribution is -0.112. The van der Waals surface area contributed by atoms with E-state index in [1.165, 1.54) is 25.7 Å². The fourth-order valence-electron chi connectivity index (χ4n) is 1.93. The van der Waals surface area contributed by atoms with E-state index in [1.54, 1.807) is 13.0 Å². The van der Waals surface area contributed by atoms with Crippen molar-refractivity contribution < 1.29 is 4.79 Å². The molecule has 0 aliphatic heterocycles. The molecule has 1 unspecified atom stereocenters. The average Bonchev–Trinajstić information content (AvgIpc) is 2.51. The maximum Gasteiger partial charge on any atom is 0.152 e. The second-order valence-electron chi connectivity index (χ2n) is 3.87. The van der Waals surface area contributed by atoms with Crippen molar-refractivity contribution in [3.05, 3.63) is 12.2 Å². The van der Waals surface area contributed by atoms with Crippen LogP contribution in [0.3, 0.4) is 0 Å². The van der Waals surface area contributed by atoms with Gasteiger partial charge in [0.1, 0.15) is 0 Å². The van der Waals surface area contributed by atoms with Gasteiger partial charge in [0, 0.05) is 0 Å². The fraction of sp³-hybridized carbons (Fsp3) is 0.727. The van der Waals surface area contributed by atoms with Crippen LogP contribution in [0.15, 0.2) is 12.2 Å². The maximum absolute atomic E-state index is 10.7. The van der Waals surface area contributed by atoms with Gasteiger partial charge >= 0.3 is 0 Å². The van der Waals surface area contributed by atoms with Crippen molar-refractivity contribution >= 4 is 5.78 Å². The molecule has 12 heavy (non-hydrogen) atoms. The lowest BCUT2D eigenvalue weighted by atomic mass is 9.92. The zero-order valence-electron chi connectivity index (χ0n) is 8.05. The molecular weight excluding hydrogens is 148 g/mol. The van der Waals surface area contributed by atoms with Crippen molar-refractivity contribution in [2.45, 2.75) is 39.5 Å². The number of ketones is 1. The summed E-state index contributed by atoms with van der Waals surface area (Å²) < 4.78 is 0. The number of carbonyl (C=O) groups excluding carboxylic acids is 1. The third kappa shape index (κ3) is 2.80. The Morgan fingerprint density at radius 2 is 2.00 bits per heavy atom. The Morgan fingerprint density at radius 3 is 2.50 bits per heavy atom. The predicted molar refractivity (Wildman–Crippen MR) is 50.9 cm³/mol. The van der Waals surface area contributed by atoms with E-state index in [4.69, 9.17) is 0 Å². The number of carbonyl (C=O) groups is 1. The van der Waals surface area contributed by atoms with Gasteiger partial charge < -0.3 is 0 Å². The molecule has 0 heterocycles. The van der Waals surface area contributed by atoms with Gasteiger partial charge in [-0.2, -0.15) is 0 Å². The first-order chi connectivity index (χ1) is 5.70. The quantitative estimate of drug-likeness (QED) is 0.589. The summed E-state index contributed by atoms with van der Waals surface area (Å²) in [6, 6.07) is 0. The van der Waals surface area contributed by atoms with Crippen molar-refractivity contribution in [1.82, 2.24) is 0 Å². The molecule has 1 aliphatic rings. The van der Waals surface area contributed by atoms with Crippen LogP contribution in [0.5, 0.6) is 0 Å². The van der Waals surface area contributed by atoms with Crippen LogP contribution in [0.4, 0.5) is 0 Å². The van der Waals surface area contributed by atoms with Crippen LogP contribution < -0.4 is 0 Å². The van der Waals surface area contributed by atoms with Crippen molar-refractivity contribution in [2.24, 2.45) is 11.8 Å². The number of allylic oxidation sites excluding steroid dienone is 2. The van der Waals surface area contributed by atoms with E-state index in [2.05, 4.69) is 13.0 Å². The van der Waals surface area contributed by atoms with Gasteiger partial charge in [-0.15, -0.1) is 0 Å². The molecule has 1 rings (SSSR count). The minimum Gasteiger partial charge on any atom is -0.295 e. The minimum atomic E-state index is 0.167. The molecule has 0 spiro atoms. The Kier molecular flexibility index (Phi) is 3.51. The first kappa shape index (κ1) is 9.50. The second kappa shape index (κ2) is 4.44. The Labute approximate surface area is 74.9 Å². The lowest BCUT2D eigenvalue weighted by Crippen LogP contribution is -2.04. The van der Waals surface area contributed by atoms with Crippen LogP contribution >= 0.6 is 0 Å². The average molecular weight is 166 g/mol.